The molecule has 25 heavy (non-hydrogen) atoms. The number of hydrogen-bond donors (Lipinski definition) is 1. The molecule has 2 amide bonds. The van der Waals surface area contributed by atoms with E-state index in [4.69, 9.17) is 0 Å². The third-order valence-corrected chi connectivity index (χ3v) is 4.59. The molecule has 0 atom stereocenters. The van der Waals surface area contributed by atoms with Crippen molar-refractivity contribution in [1.82, 2.24) is 4.90 Å². The van der Waals surface area contributed by atoms with Gasteiger partial charge in [0.1, 0.15) is 0 Å². The summed E-state index contributed by atoms with van der Waals surface area (Å²) in [5.74, 6) is -0.270. The molecule has 0 bridgehead atoms. The maximum Gasteiger partial charge on any atom is 0.295 e. The number of nitrogens with one attached hydrogen (secondary N) is 1. The number of hydrogen-bond acceptors (Lipinski definition) is 4. The molecule has 0 saturated carbocycles. The smallest absolute Gasteiger partial charge is 0.295 e. The number of carbonyl (C=O) groups is 2. The van der Waals surface area contributed by atoms with Gasteiger partial charge in [-0.2, -0.15) is 0 Å². The Labute approximate surface area is 151 Å². The summed E-state index contributed by atoms with van der Waals surface area (Å²) in [4.78, 5) is 26.1. The van der Waals surface area contributed by atoms with Gasteiger partial charge in [0.15, 0.2) is 0 Å². The van der Waals surface area contributed by atoms with Gasteiger partial charge in [-0.1, -0.05) is 54.6 Å². The van der Waals surface area contributed by atoms with Crippen LogP contribution in [0.3, 0.4) is 0 Å². The van der Waals surface area contributed by atoms with Crippen molar-refractivity contribution in [1.29, 1.82) is 0 Å². The zero-order valence-corrected chi connectivity index (χ0v) is 14.6. The van der Waals surface area contributed by atoms with Gasteiger partial charge in [0, 0.05) is 5.69 Å². The maximum absolute atomic E-state index is 12.4. The molecule has 0 aliphatic carbocycles. The molecule has 1 heterocycles. The van der Waals surface area contributed by atoms with Crippen LogP contribution in [0.1, 0.15) is 11.1 Å². The van der Waals surface area contributed by atoms with Gasteiger partial charge in [-0.15, -0.1) is 0 Å². The lowest BCUT2D eigenvalue weighted by atomic mass is 10.2. The molecular weight excluding hydrogens is 332 g/mol. The number of anilines is 1. The SMILES string of the molecule is Cc1cccc(NCN2C(=O)S/C(=C\C=C\c3ccccc3)C2=O)c1. The van der Waals surface area contributed by atoms with Gasteiger partial charge in [0.05, 0.1) is 11.6 Å². The minimum atomic E-state index is -0.270. The van der Waals surface area contributed by atoms with Crippen molar-refractivity contribution >= 4 is 34.7 Å². The van der Waals surface area contributed by atoms with E-state index >= 15 is 0 Å². The van der Waals surface area contributed by atoms with Crippen molar-refractivity contribution in [3.8, 4) is 0 Å². The molecule has 3 rings (SSSR count). The Morgan fingerprint density at radius 3 is 2.64 bits per heavy atom. The monoisotopic (exact) mass is 350 g/mol. The van der Waals surface area contributed by atoms with Crippen molar-refractivity contribution in [3.05, 3.63) is 82.8 Å². The molecule has 0 unspecified atom stereocenters. The average molecular weight is 350 g/mol. The van der Waals surface area contributed by atoms with Crippen LogP contribution in [0, 0.1) is 6.92 Å². The predicted octanol–water partition coefficient (Wildman–Crippen LogP) is 4.66. The highest BCUT2D eigenvalue weighted by molar-refractivity contribution is 8.18. The zero-order chi connectivity index (χ0) is 17.6. The van der Waals surface area contributed by atoms with Crippen molar-refractivity contribution in [2.24, 2.45) is 0 Å². The Hall–Kier alpha value is -2.79. The van der Waals surface area contributed by atoms with Crippen LogP contribution >= 0.6 is 11.8 Å². The van der Waals surface area contributed by atoms with E-state index in [9.17, 15) is 9.59 Å². The van der Waals surface area contributed by atoms with Gasteiger partial charge < -0.3 is 5.32 Å². The first kappa shape index (κ1) is 17.0. The third kappa shape index (κ3) is 4.39. The minimum absolute atomic E-state index is 0.161. The summed E-state index contributed by atoms with van der Waals surface area (Å²) in [5.41, 5.74) is 3.04. The molecule has 126 valence electrons. The summed E-state index contributed by atoms with van der Waals surface area (Å²) in [7, 11) is 0. The van der Waals surface area contributed by atoms with Crippen molar-refractivity contribution in [3.63, 3.8) is 0 Å². The molecule has 1 aliphatic rings. The first-order valence-corrected chi connectivity index (χ1v) is 8.73. The van der Waals surface area contributed by atoms with Crippen molar-refractivity contribution in [2.45, 2.75) is 6.92 Å². The summed E-state index contributed by atoms with van der Waals surface area (Å²) >= 11 is 0.963. The van der Waals surface area contributed by atoms with E-state index in [1.807, 2.05) is 67.6 Å². The summed E-state index contributed by atoms with van der Waals surface area (Å²) in [6.07, 6.45) is 5.38. The summed E-state index contributed by atoms with van der Waals surface area (Å²) in [5, 5.41) is 2.86. The predicted molar refractivity (Wildman–Crippen MR) is 103 cm³/mol. The maximum atomic E-state index is 12.4. The quantitative estimate of drug-likeness (QED) is 0.797. The highest BCUT2D eigenvalue weighted by Gasteiger charge is 2.34. The van der Waals surface area contributed by atoms with Crippen molar-refractivity contribution in [2.75, 3.05) is 12.0 Å². The molecule has 4 nitrogen and oxygen atoms in total. The molecule has 1 saturated heterocycles. The Morgan fingerprint density at radius 1 is 1.08 bits per heavy atom. The van der Waals surface area contributed by atoms with Gasteiger partial charge in [-0.25, -0.2) is 0 Å². The second kappa shape index (κ2) is 7.85. The molecule has 1 N–H and O–H groups in total. The molecule has 0 aromatic heterocycles. The first-order valence-electron chi connectivity index (χ1n) is 7.91. The number of carbonyl (C=O) groups excluding carboxylic acids is 2. The normalized spacial score (nSPS) is 16.2. The average Bonchev–Trinajstić information content (AvgIpc) is 2.88. The summed E-state index contributed by atoms with van der Waals surface area (Å²) in [6, 6.07) is 17.6. The van der Waals surface area contributed by atoms with E-state index in [-0.39, 0.29) is 17.8 Å². The number of thioether (sulfide) groups is 1. The van der Waals surface area contributed by atoms with E-state index in [1.54, 1.807) is 12.2 Å². The Balaban J connectivity index is 1.63. The van der Waals surface area contributed by atoms with E-state index in [0.717, 1.165) is 28.6 Å². The number of imide groups is 1. The fourth-order valence-corrected chi connectivity index (χ4v) is 3.18. The van der Waals surface area contributed by atoms with Crippen LogP contribution in [0.4, 0.5) is 10.5 Å². The largest absolute Gasteiger partial charge is 0.367 e. The molecule has 5 heteroatoms. The van der Waals surface area contributed by atoms with Crippen LogP contribution in [0.5, 0.6) is 0 Å². The molecule has 0 spiro atoms. The number of nitrogens with zero attached hydrogens (tertiary/aromatic N) is 1. The summed E-state index contributed by atoms with van der Waals surface area (Å²) < 4.78 is 0. The fraction of sp³-hybridized carbons (Fsp3) is 0.100. The van der Waals surface area contributed by atoms with E-state index in [1.165, 1.54) is 4.90 Å². The van der Waals surface area contributed by atoms with Gasteiger partial charge >= 0.3 is 0 Å². The van der Waals surface area contributed by atoms with Crippen LogP contribution < -0.4 is 5.32 Å². The van der Waals surface area contributed by atoms with E-state index < -0.39 is 0 Å². The molecule has 1 fully saturated rings. The molecule has 2 aromatic carbocycles. The Kier molecular flexibility index (Phi) is 5.36. The molecule has 1 aliphatic heterocycles. The van der Waals surface area contributed by atoms with Gasteiger partial charge in [0.25, 0.3) is 11.1 Å². The van der Waals surface area contributed by atoms with Gasteiger partial charge in [0.2, 0.25) is 0 Å². The lowest BCUT2D eigenvalue weighted by Crippen LogP contribution is -2.33. The van der Waals surface area contributed by atoms with Crippen LogP contribution in [-0.4, -0.2) is 22.7 Å². The molecular formula is C20H18N2O2S. The second-order valence-electron chi connectivity index (χ2n) is 5.61. The number of allylic oxidation sites excluding steroid dienone is 2. The van der Waals surface area contributed by atoms with E-state index in [0.29, 0.717) is 4.91 Å². The van der Waals surface area contributed by atoms with Gasteiger partial charge in [-0.05, 0) is 48.0 Å². The lowest BCUT2D eigenvalue weighted by Gasteiger charge is -2.14. The second-order valence-corrected chi connectivity index (χ2v) is 6.60. The topological polar surface area (TPSA) is 49.4 Å². The van der Waals surface area contributed by atoms with Crippen LogP contribution in [0.2, 0.25) is 0 Å². The fourth-order valence-electron chi connectivity index (χ4n) is 2.39. The van der Waals surface area contributed by atoms with Gasteiger partial charge in [-0.3, -0.25) is 14.5 Å². The number of rotatable bonds is 5. The molecule has 0 radical (unpaired) electrons. The number of benzene rings is 2. The third-order valence-electron chi connectivity index (χ3n) is 3.67. The Bertz CT molecular complexity index is 844. The number of amides is 2. The van der Waals surface area contributed by atoms with Crippen LogP contribution in [-0.2, 0) is 4.79 Å². The number of aryl methyl sites for hydroxylation is 1. The lowest BCUT2D eigenvalue weighted by molar-refractivity contribution is -0.122. The summed E-state index contributed by atoms with van der Waals surface area (Å²) in [6.45, 7) is 2.15. The molecule has 2 aromatic rings. The Morgan fingerprint density at radius 2 is 1.88 bits per heavy atom. The zero-order valence-electron chi connectivity index (χ0n) is 13.8. The standard InChI is InChI=1S/C20H18N2O2S/c1-15-7-5-11-17(13-15)21-14-22-19(23)18(25-20(22)24)12-6-10-16-8-3-2-4-9-16/h2-13,21H,14H2,1H3/b10-6+,18-12-. The van der Waals surface area contributed by atoms with Crippen molar-refractivity contribution < 1.29 is 9.59 Å². The van der Waals surface area contributed by atoms with Crippen LogP contribution in [0.25, 0.3) is 6.08 Å². The minimum Gasteiger partial charge on any atom is -0.367 e. The van der Waals surface area contributed by atoms with Crippen LogP contribution in [0.15, 0.2) is 71.7 Å². The van der Waals surface area contributed by atoms with E-state index in [2.05, 4.69) is 5.32 Å². The highest BCUT2D eigenvalue weighted by Crippen LogP contribution is 2.30. The first-order chi connectivity index (χ1) is 12.1. The highest BCUT2D eigenvalue weighted by atomic mass is 32.2.